The predicted molar refractivity (Wildman–Crippen MR) is 88.7 cm³/mol. The molecule has 0 aromatic heterocycles. The maximum absolute atomic E-state index is 12.1. The molecular formula is C16H21ClN2O4. The number of hydrogen-bond donors (Lipinski definition) is 3. The summed E-state index contributed by atoms with van der Waals surface area (Å²) >= 11 is 5.98. The SMILES string of the molecule is CC(NC(=O)c1cc(NC(=O)CC(C)(C)C)ccc1Cl)C(=O)O. The van der Waals surface area contributed by atoms with E-state index in [1.165, 1.54) is 19.1 Å². The summed E-state index contributed by atoms with van der Waals surface area (Å²) < 4.78 is 0. The van der Waals surface area contributed by atoms with Crippen LogP contribution >= 0.6 is 11.6 Å². The Bertz CT molecular complexity index is 623. The van der Waals surface area contributed by atoms with Crippen LogP contribution in [0.2, 0.25) is 5.02 Å². The molecule has 0 spiro atoms. The predicted octanol–water partition coefficient (Wildman–Crippen LogP) is 2.92. The summed E-state index contributed by atoms with van der Waals surface area (Å²) in [5.41, 5.74) is 0.373. The molecule has 0 aliphatic rings. The Hall–Kier alpha value is -2.08. The number of carbonyl (C=O) groups excluding carboxylic acids is 2. The summed E-state index contributed by atoms with van der Waals surface area (Å²) in [6, 6.07) is 3.44. The number of rotatable bonds is 5. The van der Waals surface area contributed by atoms with Crippen LogP contribution in [0.15, 0.2) is 18.2 Å². The van der Waals surface area contributed by atoms with Gasteiger partial charge in [-0.2, -0.15) is 0 Å². The van der Waals surface area contributed by atoms with Crippen molar-refractivity contribution in [3.05, 3.63) is 28.8 Å². The van der Waals surface area contributed by atoms with Gasteiger partial charge in [-0.3, -0.25) is 14.4 Å². The van der Waals surface area contributed by atoms with Gasteiger partial charge in [0.2, 0.25) is 5.91 Å². The van der Waals surface area contributed by atoms with Crippen LogP contribution in [0.4, 0.5) is 5.69 Å². The highest BCUT2D eigenvalue weighted by Crippen LogP contribution is 2.23. The zero-order chi connectivity index (χ0) is 17.8. The number of nitrogens with one attached hydrogen (secondary N) is 2. The van der Waals surface area contributed by atoms with Crippen LogP contribution in [0.1, 0.15) is 44.5 Å². The number of carboxylic acid groups (broad SMARTS) is 1. The van der Waals surface area contributed by atoms with Gasteiger partial charge in [-0.1, -0.05) is 32.4 Å². The molecule has 0 bridgehead atoms. The second-order valence-electron chi connectivity index (χ2n) is 6.51. The first-order chi connectivity index (χ1) is 10.5. The number of benzene rings is 1. The van der Waals surface area contributed by atoms with Crippen LogP contribution in [0.25, 0.3) is 0 Å². The minimum atomic E-state index is -1.15. The van der Waals surface area contributed by atoms with Gasteiger partial charge >= 0.3 is 5.97 Å². The van der Waals surface area contributed by atoms with Crippen molar-refractivity contribution in [2.45, 2.75) is 40.2 Å². The lowest BCUT2D eigenvalue weighted by atomic mass is 9.92. The van der Waals surface area contributed by atoms with Crippen molar-refractivity contribution < 1.29 is 19.5 Å². The van der Waals surface area contributed by atoms with E-state index in [1.807, 2.05) is 20.8 Å². The monoisotopic (exact) mass is 340 g/mol. The van der Waals surface area contributed by atoms with Crippen LogP contribution < -0.4 is 10.6 Å². The van der Waals surface area contributed by atoms with E-state index < -0.39 is 17.9 Å². The van der Waals surface area contributed by atoms with Crippen molar-refractivity contribution in [3.8, 4) is 0 Å². The highest BCUT2D eigenvalue weighted by Gasteiger charge is 2.19. The number of amides is 2. The fraction of sp³-hybridized carbons (Fsp3) is 0.438. The van der Waals surface area contributed by atoms with Gasteiger partial charge in [0, 0.05) is 12.1 Å². The molecule has 1 aromatic carbocycles. The van der Waals surface area contributed by atoms with Gasteiger partial charge in [0.15, 0.2) is 0 Å². The normalized spacial score (nSPS) is 12.4. The van der Waals surface area contributed by atoms with E-state index in [1.54, 1.807) is 6.07 Å². The lowest BCUT2D eigenvalue weighted by molar-refractivity contribution is -0.138. The molecular weight excluding hydrogens is 320 g/mol. The third-order valence-electron chi connectivity index (χ3n) is 2.90. The maximum atomic E-state index is 12.1. The molecule has 1 aromatic rings. The highest BCUT2D eigenvalue weighted by atomic mass is 35.5. The number of halogens is 1. The molecule has 0 radical (unpaired) electrons. The molecule has 1 rings (SSSR count). The number of hydrogen-bond acceptors (Lipinski definition) is 3. The van der Waals surface area contributed by atoms with Crippen molar-refractivity contribution in [3.63, 3.8) is 0 Å². The van der Waals surface area contributed by atoms with E-state index in [0.29, 0.717) is 12.1 Å². The molecule has 0 saturated carbocycles. The van der Waals surface area contributed by atoms with Gasteiger partial charge in [0.05, 0.1) is 10.6 Å². The number of aliphatic carboxylic acids is 1. The van der Waals surface area contributed by atoms with Gasteiger partial charge in [-0.05, 0) is 30.5 Å². The molecule has 1 unspecified atom stereocenters. The van der Waals surface area contributed by atoms with Crippen LogP contribution in [0.5, 0.6) is 0 Å². The Balaban J connectivity index is 2.89. The number of anilines is 1. The molecule has 0 saturated heterocycles. The minimum Gasteiger partial charge on any atom is -0.480 e. The molecule has 0 aliphatic heterocycles. The fourth-order valence-electron chi connectivity index (χ4n) is 1.80. The molecule has 23 heavy (non-hydrogen) atoms. The lowest BCUT2D eigenvalue weighted by Crippen LogP contribution is -2.38. The highest BCUT2D eigenvalue weighted by molar-refractivity contribution is 6.34. The van der Waals surface area contributed by atoms with Crippen LogP contribution in [0, 0.1) is 5.41 Å². The molecule has 6 nitrogen and oxygen atoms in total. The van der Waals surface area contributed by atoms with Gasteiger partial charge in [-0.15, -0.1) is 0 Å². The average Bonchev–Trinajstić information content (AvgIpc) is 2.38. The minimum absolute atomic E-state index is 0.105. The zero-order valence-electron chi connectivity index (χ0n) is 13.6. The quantitative estimate of drug-likeness (QED) is 0.768. The summed E-state index contributed by atoms with van der Waals surface area (Å²) in [4.78, 5) is 34.8. The van der Waals surface area contributed by atoms with Gasteiger partial charge in [-0.25, -0.2) is 0 Å². The second kappa shape index (κ2) is 7.46. The molecule has 3 N–H and O–H groups in total. The van der Waals surface area contributed by atoms with Gasteiger partial charge in [0.1, 0.15) is 6.04 Å². The lowest BCUT2D eigenvalue weighted by Gasteiger charge is -2.17. The Morgan fingerprint density at radius 2 is 1.87 bits per heavy atom. The average molecular weight is 341 g/mol. The largest absolute Gasteiger partial charge is 0.480 e. The summed E-state index contributed by atoms with van der Waals surface area (Å²) in [5, 5.41) is 14.0. The first-order valence-electron chi connectivity index (χ1n) is 7.12. The Kier molecular flexibility index (Phi) is 6.15. The first kappa shape index (κ1) is 19.0. The maximum Gasteiger partial charge on any atom is 0.325 e. The summed E-state index contributed by atoms with van der Waals surface area (Å²) in [6.07, 6.45) is 0.327. The fourth-order valence-corrected chi connectivity index (χ4v) is 2.00. The van der Waals surface area contributed by atoms with E-state index in [0.717, 1.165) is 0 Å². The second-order valence-corrected chi connectivity index (χ2v) is 6.92. The van der Waals surface area contributed by atoms with Crippen molar-refractivity contribution in [1.82, 2.24) is 5.32 Å². The van der Waals surface area contributed by atoms with Crippen molar-refractivity contribution in [2.24, 2.45) is 5.41 Å². The standard InChI is InChI=1S/C16H21ClN2O4/c1-9(15(22)23)18-14(21)11-7-10(5-6-12(11)17)19-13(20)8-16(2,3)4/h5-7,9H,8H2,1-4H3,(H,18,21)(H,19,20)(H,22,23). The molecule has 2 amide bonds. The van der Waals surface area contributed by atoms with E-state index in [-0.39, 0.29) is 21.9 Å². The molecule has 0 fully saturated rings. The van der Waals surface area contributed by atoms with E-state index in [9.17, 15) is 14.4 Å². The van der Waals surface area contributed by atoms with Crippen molar-refractivity contribution in [1.29, 1.82) is 0 Å². The molecule has 7 heteroatoms. The molecule has 0 aliphatic carbocycles. The molecule has 1 atom stereocenters. The third kappa shape index (κ3) is 6.28. The summed E-state index contributed by atoms with van der Waals surface area (Å²) in [7, 11) is 0. The van der Waals surface area contributed by atoms with E-state index in [2.05, 4.69) is 10.6 Å². The van der Waals surface area contributed by atoms with Crippen molar-refractivity contribution >= 4 is 35.1 Å². The van der Waals surface area contributed by atoms with Crippen LogP contribution in [-0.2, 0) is 9.59 Å². The Labute approximate surface area is 140 Å². The smallest absolute Gasteiger partial charge is 0.325 e. The number of carbonyl (C=O) groups is 3. The topological polar surface area (TPSA) is 95.5 Å². The molecule has 126 valence electrons. The Morgan fingerprint density at radius 1 is 1.26 bits per heavy atom. The van der Waals surface area contributed by atoms with Crippen LogP contribution in [-0.4, -0.2) is 28.9 Å². The van der Waals surface area contributed by atoms with Crippen molar-refractivity contribution in [2.75, 3.05) is 5.32 Å². The van der Waals surface area contributed by atoms with Crippen LogP contribution in [0.3, 0.4) is 0 Å². The molecule has 0 heterocycles. The Morgan fingerprint density at radius 3 is 2.39 bits per heavy atom. The van der Waals surface area contributed by atoms with Gasteiger partial charge < -0.3 is 15.7 Å². The summed E-state index contributed by atoms with van der Waals surface area (Å²) in [5.74, 6) is -1.94. The first-order valence-corrected chi connectivity index (χ1v) is 7.50. The summed E-state index contributed by atoms with van der Waals surface area (Å²) in [6.45, 7) is 7.19. The number of carboxylic acids is 1. The van der Waals surface area contributed by atoms with E-state index >= 15 is 0 Å². The van der Waals surface area contributed by atoms with E-state index in [4.69, 9.17) is 16.7 Å². The van der Waals surface area contributed by atoms with Gasteiger partial charge in [0.25, 0.3) is 5.91 Å². The third-order valence-corrected chi connectivity index (χ3v) is 3.23. The zero-order valence-corrected chi connectivity index (χ0v) is 14.3.